The molecule has 3 rings (SSSR count). The van der Waals surface area contributed by atoms with Gasteiger partial charge in [-0.25, -0.2) is 0 Å². The highest BCUT2D eigenvalue weighted by atomic mass is 16.1. The first-order valence-corrected chi connectivity index (χ1v) is 7.79. The van der Waals surface area contributed by atoms with Crippen molar-refractivity contribution >= 4 is 11.6 Å². The fraction of sp³-hybridized carbons (Fsp3) is 0.316. The van der Waals surface area contributed by atoms with E-state index in [1.807, 2.05) is 30.3 Å². The van der Waals surface area contributed by atoms with E-state index in [4.69, 9.17) is 0 Å². The summed E-state index contributed by atoms with van der Waals surface area (Å²) < 4.78 is 0. The molecule has 0 spiro atoms. The fourth-order valence-electron chi connectivity index (χ4n) is 2.99. The highest BCUT2D eigenvalue weighted by molar-refractivity contribution is 5.92. The standard InChI is InChI=1S/C19H21NO/c21-19(17-9-5-2-6-10-17)20-18-13-11-16(12-14-18)15-7-3-1-4-8-15/h1,3-4,7-8,11-14,17H,2,5-6,9-10H2,(H,20,21). The number of hydrogen-bond acceptors (Lipinski definition) is 1. The zero-order valence-corrected chi connectivity index (χ0v) is 12.2. The number of rotatable bonds is 3. The largest absolute Gasteiger partial charge is 0.326 e. The van der Waals surface area contributed by atoms with Gasteiger partial charge in [0, 0.05) is 11.6 Å². The van der Waals surface area contributed by atoms with Crippen LogP contribution in [-0.4, -0.2) is 5.91 Å². The van der Waals surface area contributed by atoms with Crippen LogP contribution in [0, 0.1) is 5.92 Å². The molecule has 2 aromatic rings. The maximum atomic E-state index is 12.2. The monoisotopic (exact) mass is 279 g/mol. The first-order valence-electron chi connectivity index (χ1n) is 7.79. The van der Waals surface area contributed by atoms with Crippen LogP contribution in [0.5, 0.6) is 0 Å². The maximum absolute atomic E-state index is 12.2. The van der Waals surface area contributed by atoms with E-state index >= 15 is 0 Å². The van der Waals surface area contributed by atoms with Crippen LogP contribution in [-0.2, 0) is 4.79 Å². The minimum absolute atomic E-state index is 0.183. The Morgan fingerprint density at radius 1 is 0.810 bits per heavy atom. The Kier molecular flexibility index (Phi) is 4.34. The lowest BCUT2D eigenvalue weighted by atomic mass is 9.88. The second-order valence-electron chi connectivity index (χ2n) is 5.77. The first-order chi connectivity index (χ1) is 10.3. The van der Waals surface area contributed by atoms with Crippen LogP contribution in [0.1, 0.15) is 32.1 Å². The lowest BCUT2D eigenvalue weighted by Gasteiger charge is -2.20. The quantitative estimate of drug-likeness (QED) is 0.853. The van der Waals surface area contributed by atoms with Crippen LogP contribution in [0.25, 0.3) is 11.1 Å². The van der Waals surface area contributed by atoms with E-state index in [2.05, 4.69) is 29.6 Å². The maximum Gasteiger partial charge on any atom is 0.227 e. The van der Waals surface area contributed by atoms with Crippen molar-refractivity contribution < 1.29 is 4.79 Å². The van der Waals surface area contributed by atoms with Gasteiger partial charge in [-0.2, -0.15) is 0 Å². The van der Waals surface area contributed by atoms with Crippen LogP contribution < -0.4 is 5.32 Å². The van der Waals surface area contributed by atoms with Crippen molar-refractivity contribution in [1.29, 1.82) is 0 Å². The lowest BCUT2D eigenvalue weighted by Crippen LogP contribution is -2.24. The van der Waals surface area contributed by atoms with E-state index in [0.29, 0.717) is 0 Å². The summed E-state index contributed by atoms with van der Waals surface area (Å²) in [7, 11) is 0. The zero-order chi connectivity index (χ0) is 14.5. The first kappa shape index (κ1) is 13.9. The number of anilines is 1. The van der Waals surface area contributed by atoms with Gasteiger partial charge in [0.05, 0.1) is 0 Å². The van der Waals surface area contributed by atoms with E-state index < -0.39 is 0 Å². The Morgan fingerprint density at radius 3 is 2.10 bits per heavy atom. The summed E-state index contributed by atoms with van der Waals surface area (Å²) in [4.78, 5) is 12.2. The van der Waals surface area contributed by atoms with Gasteiger partial charge < -0.3 is 5.32 Å². The summed E-state index contributed by atoms with van der Waals surface area (Å²) in [5.41, 5.74) is 3.26. The summed E-state index contributed by atoms with van der Waals surface area (Å²) in [6, 6.07) is 18.4. The zero-order valence-electron chi connectivity index (χ0n) is 12.2. The average Bonchev–Trinajstić information content (AvgIpc) is 2.57. The topological polar surface area (TPSA) is 29.1 Å². The van der Waals surface area contributed by atoms with Crippen LogP contribution in [0.15, 0.2) is 54.6 Å². The van der Waals surface area contributed by atoms with Crippen molar-refractivity contribution in [1.82, 2.24) is 0 Å². The lowest BCUT2D eigenvalue weighted by molar-refractivity contribution is -0.120. The third-order valence-electron chi connectivity index (χ3n) is 4.24. The Morgan fingerprint density at radius 2 is 1.43 bits per heavy atom. The summed E-state index contributed by atoms with van der Waals surface area (Å²) in [6.07, 6.45) is 5.72. The predicted octanol–water partition coefficient (Wildman–Crippen LogP) is 4.87. The van der Waals surface area contributed by atoms with Gasteiger partial charge in [-0.1, -0.05) is 61.7 Å². The third kappa shape index (κ3) is 3.52. The number of hydrogen-bond donors (Lipinski definition) is 1. The van der Waals surface area contributed by atoms with Crippen molar-refractivity contribution in [2.45, 2.75) is 32.1 Å². The van der Waals surface area contributed by atoms with E-state index in [-0.39, 0.29) is 11.8 Å². The van der Waals surface area contributed by atoms with Gasteiger partial charge in [0.15, 0.2) is 0 Å². The highest BCUT2D eigenvalue weighted by Crippen LogP contribution is 2.26. The van der Waals surface area contributed by atoms with E-state index in [0.717, 1.165) is 18.5 Å². The normalized spacial score (nSPS) is 15.6. The molecule has 0 bridgehead atoms. The number of benzene rings is 2. The van der Waals surface area contributed by atoms with Gasteiger partial charge in [-0.3, -0.25) is 4.79 Å². The molecular formula is C19H21NO. The molecule has 2 heteroatoms. The van der Waals surface area contributed by atoms with Gasteiger partial charge in [0.1, 0.15) is 0 Å². The molecule has 0 radical (unpaired) electrons. The smallest absolute Gasteiger partial charge is 0.227 e. The van der Waals surface area contributed by atoms with Gasteiger partial charge in [0.25, 0.3) is 0 Å². The molecule has 0 atom stereocenters. The molecule has 1 aliphatic carbocycles. The molecule has 1 fully saturated rings. The Labute approximate surface area is 126 Å². The highest BCUT2D eigenvalue weighted by Gasteiger charge is 2.20. The van der Waals surface area contributed by atoms with Gasteiger partial charge >= 0.3 is 0 Å². The molecular weight excluding hydrogens is 258 g/mol. The van der Waals surface area contributed by atoms with Crippen LogP contribution in [0.4, 0.5) is 5.69 Å². The van der Waals surface area contributed by atoms with E-state index in [1.165, 1.54) is 30.4 Å². The summed E-state index contributed by atoms with van der Waals surface area (Å²) >= 11 is 0. The fourth-order valence-corrected chi connectivity index (χ4v) is 2.99. The molecule has 0 saturated heterocycles. The van der Waals surface area contributed by atoms with E-state index in [1.54, 1.807) is 0 Å². The minimum Gasteiger partial charge on any atom is -0.326 e. The van der Waals surface area contributed by atoms with Crippen molar-refractivity contribution in [3.63, 3.8) is 0 Å². The van der Waals surface area contributed by atoms with Crippen molar-refractivity contribution in [2.24, 2.45) is 5.92 Å². The molecule has 0 heterocycles. The molecule has 1 amide bonds. The summed E-state index contributed by atoms with van der Waals surface area (Å²) in [5.74, 6) is 0.384. The second-order valence-corrected chi connectivity index (χ2v) is 5.77. The Bertz CT molecular complexity index is 583. The van der Waals surface area contributed by atoms with Crippen LogP contribution in [0.2, 0.25) is 0 Å². The molecule has 0 aliphatic heterocycles. The van der Waals surface area contributed by atoms with Crippen LogP contribution >= 0.6 is 0 Å². The van der Waals surface area contributed by atoms with Crippen LogP contribution in [0.3, 0.4) is 0 Å². The van der Waals surface area contributed by atoms with Crippen molar-refractivity contribution in [2.75, 3.05) is 5.32 Å². The summed E-state index contributed by atoms with van der Waals surface area (Å²) in [6.45, 7) is 0. The minimum atomic E-state index is 0.183. The Balaban J connectivity index is 1.65. The summed E-state index contributed by atoms with van der Waals surface area (Å²) in [5, 5.41) is 3.05. The molecule has 0 aromatic heterocycles. The molecule has 2 nitrogen and oxygen atoms in total. The molecule has 1 aliphatic rings. The number of carbonyl (C=O) groups is 1. The molecule has 1 saturated carbocycles. The molecule has 2 aromatic carbocycles. The number of nitrogens with one attached hydrogen (secondary N) is 1. The predicted molar refractivity (Wildman–Crippen MR) is 87.1 cm³/mol. The molecule has 21 heavy (non-hydrogen) atoms. The second kappa shape index (κ2) is 6.57. The van der Waals surface area contributed by atoms with E-state index in [9.17, 15) is 4.79 Å². The number of amides is 1. The van der Waals surface area contributed by atoms with Crippen molar-refractivity contribution in [3.05, 3.63) is 54.6 Å². The van der Waals surface area contributed by atoms with Crippen molar-refractivity contribution in [3.8, 4) is 11.1 Å². The van der Waals surface area contributed by atoms with Gasteiger partial charge in [-0.05, 0) is 36.1 Å². The SMILES string of the molecule is O=C(Nc1ccc(-c2ccccc2)cc1)C1CCCCC1. The van der Waals surface area contributed by atoms with Gasteiger partial charge in [-0.15, -0.1) is 0 Å². The number of carbonyl (C=O) groups excluding carboxylic acids is 1. The molecule has 108 valence electrons. The average molecular weight is 279 g/mol. The third-order valence-corrected chi connectivity index (χ3v) is 4.24. The van der Waals surface area contributed by atoms with Gasteiger partial charge in [0.2, 0.25) is 5.91 Å². The molecule has 1 N–H and O–H groups in total. The molecule has 0 unspecified atom stereocenters. The Hall–Kier alpha value is -2.09.